The average molecular weight is 1100 g/mol. The van der Waals surface area contributed by atoms with Gasteiger partial charge < -0.3 is 48.9 Å². The van der Waals surface area contributed by atoms with Crippen LogP contribution in [0.3, 0.4) is 0 Å². The van der Waals surface area contributed by atoms with E-state index in [1.54, 1.807) is 56.1 Å². The molecule has 0 aromatic heterocycles. The summed E-state index contributed by atoms with van der Waals surface area (Å²) in [6.07, 6.45) is -0.204. The van der Waals surface area contributed by atoms with E-state index in [0.717, 1.165) is 27.8 Å². The van der Waals surface area contributed by atoms with E-state index >= 15 is 0 Å². The van der Waals surface area contributed by atoms with Crippen molar-refractivity contribution >= 4 is 35.7 Å². The largest absolute Gasteiger partial charge is 0.497 e. The number of ether oxygens (including phenoxy) is 6. The molecule has 2 aliphatic rings. The van der Waals surface area contributed by atoms with Crippen LogP contribution in [0, 0.1) is 23.7 Å². The van der Waals surface area contributed by atoms with Crippen molar-refractivity contribution in [1.82, 2.24) is 25.3 Å². The second-order valence-corrected chi connectivity index (χ2v) is 22.0. The van der Waals surface area contributed by atoms with Crippen molar-refractivity contribution in [2.45, 2.75) is 136 Å². The molecule has 17 heteroatoms. The molecular formula is C63H85N5O12. The van der Waals surface area contributed by atoms with Crippen molar-refractivity contribution in [2.75, 3.05) is 55.7 Å². The molecule has 1 fully saturated rings. The summed E-state index contributed by atoms with van der Waals surface area (Å²) in [5.74, 6) is -2.93. The fourth-order valence-corrected chi connectivity index (χ4v) is 11.6. The monoisotopic (exact) mass is 1100 g/mol. The van der Waals surface area contributed by atoms with Crippen LogP contribution in [0.25, 0.3) is 11.1 Å². The Morgan fingerprint density at radius 1 is 0.713 bits per heavy atom. The van der Waals surface area contributed by atoms with Crippen molar-refractivity contribution in [3.63, 3.8) is 0 Å². The summed E-state index contributed by atoms with van der Waals surface area (Å²) < 4.78 is 34.8. The molecule has 434 valence electrons. The highest BCUT2D eigenvalue weighted by atomic mass is 16.6. The Labute approximate surface area is 473 Å². The molecule has 1 aliphatic heterocycles. The summed E-state index contributed by atoms with van der Waals surface area (Å²) in [6, 6.07) is 26.6. The SMILES string of the molecule is CC[C@H](C)[C@@H]([C@@H](CC(=O)N1CCC[C@H]1[C@H](OC)[C@@H](C)C(=O)N[C@@H](Cc1ccccc1)C(=O)OCc1ccc(OC)cc1OC)OC)N(C)C(=O)[C@@H](NC(=O)[C@H](C(C)C)N(C)C(=O)OCC1c2ccccc2-c2ccccc21)C(C)C. The standard InChI is InChI=1S/C63H85N5O12/c1-14-40(6)57(66(8)61(72)55(38(2)3)65-60(71)56(39(4)5)67(9)63(74)80-37-49-47-27-20-18-25-45(47)46-26-19-21-28-48(46)49)53(77-12)35-54(69)68-32-22-29-51(68)58(78-13)41(7)59(70)64-50(33-42-23-16-15-17-24-42)62(73)79-36-43-30-31-44(75-10)34-52(43)76-11/h15-21,23-28,30-31,34,38-41,49-51,53,55-58H,14,22,29,32-33,35-37H2,1-13H3,(H,64,70)(H,65,71)/t40-,41+,50-,51-,53+,55-,56-,57-,58+/m0/s1. The quantitative estimate of drug-likeness (QED) is 0.0543. The predicted octanol–water partition coefficient (Wildman–Crippen LogP) is 8.44. The number of hydrogen-bond donors (Lipinski definition) is 2. The Morgan fingerprint density at radius 3 is 1.93 bits per heavy atom. The van der Waals surface area contributed by atoms with Crippen LogP contribution in [0.5, 0.6) is 11.5 Å². The van der Waals surface area contributed by atoms with Gasteiger partial charge in [0.05, 0.1) is 50.8 Å². The maximum Gasteiger partial charge on any atom is 0.410 e. The number of likely N-dealkylation sites (N-methyl/N-ethyl adjacent to an activating group) is 2. The fraction of sp³-hybridized carbons (Fsp3) is 0.524. The Morgan fingerprint density at radius 2 is 1.35 bits per heavy atom. The molecule has 1 heterocycles. The van der Waals surface area contributed by atoms with Gasteiger partial charge in [0.2, 0.25) is 23.6 Å². The van der Waals surface area contributed by atoms with Gasteiger partial charge >= 0.3 is 12.1 Å². The summed E-state index contributed by atoms with van der Waals surface area (Å²) in [5.41, 5.74) is 5.79. The van der Waals surface area contributed by atoms with Gasteiger partial charge in [0, 0.05) is 58.8 Å². The highest BCUT2D eigenvalue weighted by Gasteiger charge is 2.44. The van der Waals surface area contributed by atoms with Crippen LogP contribution in [-0.4, -0.2) is 148 Å². The minimum atomic E-state index is -1.05. The summed E-state index contributed by atoms with van der Waals surface area (Å²) in [5, 5.41) is 5.95. The minimum absolute atomic E-state index is 0.0837. The van der Waals surface area contributed by atoms with E-state index in [9.17, 15) is 28.8 Å². The van der Waals surface area contributed by atoms with E-state index in [1.807, 2.05) is 108 Å². The molecular weight excluding hydrogens is 1020 g/mol. The third-order valence-electron chi connectivity index (χ3n) is 16.2. The molecule has 9 atom stereocenters. The van der Waals surface area contributed by atoms with E-state index < -0.39 is 72.2 Å². The molecule has 2 N–H and O–H groups in total. The van der Waals surface area contributed by atoms with Crippen molar-refractivity contribution in [3.05, 3.63) is 119 Å². The number of fused-ring (bicyclic) bond motifs is 3. The van der Waals surface area contributed by atoms with Crippen LogP contribution in [-0.2, 0) is 55.9 Å². The number of esters is 1. The molecule has 4 aromatic carbocycles. The van der Waals surface area contributed by atoms with Crippen LogP contribution in [0.15, 0.2) is 97.1 Å². The van der Waals surface area contributed by atoms with E-state index in [1.165, 1.54) is 26.2 Å². The second-order valence-electron chi connectivity index (χ2n) is 22.0. The molecule has 0 radical (unpaired) electrons. The van der Waals surface area contributed by atoms with Crippen LogP contribution >= 0.6 is 0 Å². The van der Waals surface area contributed by atoms with Crippen molar-refractivity contribution in [3.8, 4) is 22.6 Å². The molecule has 80 heavy (non-hydrogen) atoms. The first-order valence-corrected chi connectivity index (χ1v) is 28.0. The zero-order valence-electron chi connectivity index (χ0n) is 49.1. The third kappa shape index (κ3) is 14.7. The number of nitrogens with one attached hydrogen (secondary N) is 2. The van der Waals surface area contributed by atoms with Crippen LogP contribution in [0.2, 0.25) is 0 Å². The third-order valence-corrected chi connectivity index (χ3v) is 16.2. The topological polar surface area (TPSA) is 192 Å². The number of carbonyl (C=O) groups excluding carboxylic acids is 6. The Hall–Kier alpha value is -6.98. The van der Waals surface area contributed by atoms with E-state index in [2.05, 4.69) is 22.8 Å². The first kappa shape index (κ1) is 62.2. The van der Waals surface area contributed by atoms with E-state index in [4.69, 9.17) is 28.4 Å². The highest BCUT2D eigenvalue weighted by Crippen LogP contribution is 2.44. The predicted molar refractivity (Wildman–Crippen MR) is 306 cm³/mol. The number of benzene rings is 4. The van der Waals surface area contributed by atoms with Gasteiger partial charge in [-0.25, -0.2) is 9.59 Å². The van der Waals surface area contributed by atoms with E-state index in [0.29, 0.717) is 42.9 Å². The van der Waals surface area contributed by atoms with Gasteiger partial charge in [0.25, 0.3) is 0 Å². The van der Waals surface area contributed by atoms with Gasteiger partial charge in [0.1, 0.15) is 42.8 Å². The number of likely N-dealkylation sites (tertiary alicyclic amines) is 1. The zero-order chi connectivity index (χ0) is 58.4. The maximum absolute atomic E-state index is 14.8. The summed E-state index contributed by atoms with van der Waals surface area (Å²) in [7, 11) is 9.32. The number of rotatable bonds is 27. The van der Waals surface area contributed by atoms with Crippen LogP contribution < -0.4 is 20.1 Å². The van der Waals surface area contributed by atoms with Crippen molar-refractivity contribution < 1.29 is 57.2 Å². The molecule has 1 aliphatic carbocycles. The first-order chi connectivity index (χ1) is 38.3. The molecule has 17 nitrogen and oxygen atoms in total. The fourth-order valence-electron chi connectivity index (χ4n) is 11.6. The summed E-state index contributed by atoms with van der Waals surface area (Å²) in [4.78, 5) is 90.5. The Balaban J connectivity index is 1.12. The van der Waals surface area contributed by atoms with Crippen LogP contribution in [0.4, 0.5) is 4.79 Å². The van der Waals surface area contributed by atoms with Gasteiger partial charge in [-0.05, 0) is 70.5 Å². The number of hydrogen-bond acceptors (Lipinski definition) is 12. The minimum Gasteiger partial charge on any atom is -0.497 e. The normalized spacial score (nSPS) is 16.9. The number of carbonyl (C=O) groups is 6. The van der Waals surface area contributed by atoms with Gasteiger partial charge in [-0.2, -0.15) is 0 Å². The highest BCUT2D eigenvalue weighted by molar-refractivity contribution is 5.92. The van der Waals surface area contributed by atoms with Gasteiger partial charge in [-0.3, -0.25) is 24.1 Å². The second kappa shape index (κ2) is 28.9. The zero-order valence-corrected chi connectivity index (χ0v) is 49.1. The summed E-state index contributed by atoms with van der Waals surface area (Å²) in [6.45, 7) is 13.5. The molecule has 0 spiro atoms. The molecule has 6 rings (SSSR count). The maximum atomic E-state index is 14.8. The first-order valence-electron chi connectivity index (χ1n) is 28.0. The lowest BCUT2D eigenvalue weighted by Crippen LogP contribution is -2.60. The Kier molecular flexibility index (Phi) is 22.5. The molecule has 5 amide bonds. The number of methoxy groups -OCH3 is 4. The van der Waals surface area contributed by atoms with Crippen molar-refractivity contribution in [2.24, 2.45) is 23.7 Å². The lowest BCUT2D eigenvalue weighted by molar-refractivity contribution is -0.151. The smallest absolute Gasteiger partial charge is 0.410 e. The molecule has 0 saturated carbocycles. The van der Waals surface area contributed by atoms with Gasteiger partial charge in [0.15, 0.2) is 0 Å². The van der Waals surface area contributed by atoms with Crippen molar-refractivity contribution in [1.29, 1.82) is 0 Å². The number of nitrogens with zero attached hydrogens (tertiary/aromatic N) is 3. The van der Waals surface area contributed by atoms with Crippen LogP contribution in [0.1, 0.15) is 102 Å². The lowest BCUT2D eigenvalue weighted by atomic mass is 9.89. The van der Waals surface area contributed by atoms with Gasteiger partial charge in [-0.1, -0.05) is 134 Å². The number of amides is 5. The molecule has 1 saturated heterocycles. The Bertz CT molecular complexity index is 2690. The molecule has 0 bridgehead atoms. The summed E-state index contributed by atoms with van der Waals surface area (Å²) >= 11 is 0. The van der Waals surface area contributed by atoms with E-state index in [-0.39, 0.29) is 61.5 Å². The molecule has 4 aromatic rings. The van der Waals surface area contributed by atoms with Gasteiger partial charge in [-0.15, -0.1) is 0 Å². The average Bonchev–Trinajstić information content (AvgIpc) is 4.22. The lowest BCUT2D eigenvalue weighted by Gasteiger charge is -2.41. The molecule has 0 unspecified atom stereocenters.